The Bertz CT molecular complexity index is 392. The van der Waals surface area contributed by atoms with E-state index in [9.17, 15) is 4.79 Å². The van der Waals surface area contributed by atoms with Crippen molar-refractivity contribution in [3.05, 3.63) is 34.9 Å². The van der Waals surface area contributed by atoms with E-state index in [1.807, 2.05) is 19.9 Å². The van der Waals surface area contributed by atoms with Crippen LogP contribution in [0.2, 0.25) is 5.02 Å². The minimum Gasteiger partial charge on any atom is -0.368 e. The summed E-state index contributed by atoms with van der Waals surface area (Å²) in [6, 6.07) is 7.31. The number of carbonyl (C=O) groups excluding carboxylic acids is 1. The van der Waals surface area contributed by atoms with Gasteiger partial charge in [0.25, 0.3) is 0 Å². The predicted molar refractivity (Wildman–Crippen MR) is 66.3 cm³/mol. The lowest BCUT2D eigenvalue weighted by Gasteiger charge is -2.30. The van der Waals surface area contributed by atoms with Gasteiger partial charge in [0.05, 0.1) is 0 Å². The predicted octanol–water partition coefficient (Wildman–Crippen LogP) is 2.04. The van der Waals surface area contributed by atoms with Crippen LogP contribution < -0.4 is 11.1 Å². The number of carbonyl (C=O) groups is 1. The first-order valence-electron chi connectivity index (χ1n) is 5.20. The largest absolute Gasteiger partial charge is 0.368 e. The fourth-order valence-electron chi connectivity index (χ4n) is 1.67. The quantitative estimate of drug-likeness (QED) is 0.846. The molecule has 0 aromatic heterocycles. The molecule has 16 heavy (non-hydrogen) atoms. The van der Waals surface area contributed by atoms with Crippen molar-refractivity contribution in [1.82, 2.24) is 5.32 Å². The normalized spacial score (nSPS) is 14.8. The average molecular weight is 241 g/mol. The van der Waals surface area contributed by atoms with Gasteiger partial charge in [-0.05, 0) is 38.5 Å². The number of hydrogen-bond donors (Lipinski definition) is 2. The molecule has 0 heterocycles. The molecule has 0 fully saturated rings. The van der Waals surface area contributed by atoms with Crippen molar-refractivity contribution < 1.29 is 4.79 Å². The van der Waals surface area contributed by atoms with E-state index in [0.29, 0.717) is 5.02 Å². The molecular weight excluding hydrogens is 224 g/mol. The Balaban J connectivity index is 3.16. The van der Waals surface area contributed by atoms with Crippen LogP contribution in [0, 0.1) is 0 Å². The number of halogens is 1. The maximum atomic E-state index is 11.6. The lowest BCUT2D eigenvalue weighted by atomic mass is 9.90. The first-order chi connectivity index (χ1) is 7.36. The van der Waals surface area contributed by atoms with Crippen LogP contribution in [-0.2, 0) is 10.3 Å². The van der Waals surface area contributed by atoms with Crippen molar-refractivity contribution in [3.63, 3.8) is 0 Å². The van der Waals surface area contributed by atoms with Gasteiger partial charge in [-0.3, -0.25) is 10.1 Å². The van der Waals surface area contributed by atoms with E-state index in [0.717, 1.165) is 5.56 Å². The van der Waals surface area contributed by atoms with Crippen LogP contribution in [0.3, 0.4) is 0 Å². The monoisotopic (exact) mass is 240 g/mol. The number of amides is 1. The molecule has 0 aliphatic carbocycles. The second-order valence-electron chi connectivity index (χ2n) is 4.30. The lowest BCUT2D eigenvalue weighted by Crippen LogP contribution is -2.52. The van der Waals surface area contributed by atoms with Gasteiger partial charge in [0, 0.05) is 11.1 Å². The van der Waals surface area contributed by atoms with Crippen molar-refractivity contribution in [2.24, 2.45) is 5.73 Å². The number of hydrogen-bond acceptors (Lipinski definition) is 2. The molecule has 0 bridgehead atoms. The molecule has 88 valence electrons. The molecular formula is C12H17ClN2O. The Labute approximate surface area is 101 Å². The Morgan fingerprint density at radius 3 is 2.56 bits per heavy atom. The zero-order valence-corrected chi connectivity index (χ0v) is 10.5. The fourth-order valence-corrected chi connectivity index (χ4v) is 1.86. The van der Waals surface area contributed by atoms with Crippen LogP contribution in [0.15, 0.2) is 24.3 Å². The molecule has 4 heteroatoms. The van der Waals surface area contributed by atoms with E-state index in [4.69, 9.17) is 17.3 Å². The molecule has 0 aliphatic heterocycles. The Morgan fingerprint density at radius 2 is 2.12 bits per heavy atom. The molecule has 3 N–H and O–H groups in total. The zero-order valence-electron chi connectivity index (χ0n) is 9.75. The van der Waals surface area contributed by atoms with E-state index in [2.05, 4.69) is 5.32 Å². The minimum atomic E-state index is -0.890. The first kappa shape index (κ1) is 13.0. The number of benzene rings is 1. The first-order valence-corrected chi connectivity index (χ1v) is 5.57. The summed E-state index contributed by atoms with van der Waals surface area (Å²) in [4.78, 5) is 11.6. The highest BCUT2D eigenvalue weighted by atomic mass is 35.5. The third kappa shape index (κ3) is 2.74. The van der Waals surface area contributed by atoms with Crippen molar-refractivity contribution in [2.45, 2.75) is 32.4 Å². The maximum Gasteiger partial charge on any atom is 0.242 e. The number of nitrogens with two attached hydrogens (primary N) is 1. The highest BCUT2D eigenvalue weighted by Crippen LogP contribution is 2.23. The SMILES string of the molecule is CC(C)NC(C)(C(N)=O)c1cccc(Cl)c1. The average Bonchev–Trinajstić information content (AvgIpc) is 2.16. The number of nitrogens with one attached hydrogen (secondary N) is 1. The summed E-state index contributed by atoms with van der Waals surface area (Å²) in [6.45, 7) is 5.69. The minimum absolute atomic E-state index is 0.150. The molecule has 1 aromatic rings. The van der Waals surface area contributed by atoms with Crippen molar-refractivity contribution >= 4 is 17.5 Å². The zero-order chi connectivity index (χ0) is 12.3. The van der Waals surface area contributed by atoms with E-state index in [-0.39, 0.29) is 6.04 Å². The van der Waals surface area contributed by atoms with Gasteiger partial charge in [-0.1, -0.05) is 23.7 Å². The topological polar surface area (TPSA) is 55.1 Å². The van der Waals surface area contributed by atoms with E-state index in [1.54, 1.807) is 25.1 Å². The maximum absolute atomic E-state index is 11.6. The summed E-state index contributed by atoms with van der Waals surface area (Å²) >= 11 is 5.91. The highest BCUT2D eigenvalue weighted by molar-refractivity contribution is 6.30. The van der Waals surface area contributed by atoms with Gasteiger partial charge < -0.3 is 5.73 Å². The number of primary amides is 1. The van der Waals surface area contributed by atoms with Crippen LogP contribution in [0.5, 0.6) is 0 Å². The standard InChI is InChI=1S/C12H17ClN2O/c1-8(2)15-12(3,11(14)16)9-5-4-6-10(13)7-9/h4-8,15H,1-3H3,(H2,14,16). The van der Waals surface area contributed by atoms with Crippen LogP contribution in [-0.4, -0.2) is 11.9 Å². The summed E-state index contributed by atoms with van der Waals surface area (Å²) < 4.78 is 0. The van der Waals surface area contributed by atoms with Gasteiger partial charge >= 0.3 is 0 Å². The summed E-state index contributed by atoms with van der Waals surface area (Å²) in [5.41, 5.74) is 5.35. The molecule has 3 nitrogen and oxygen atoms in total. The van der Waals surface area contributed by atoms with Crippen molar-refractivity contribution in [1.29, 1.82) is 0 Å². The fraction of sp³-hybridized carbons (Fsp3) is 0.417. The molecule has 0 spiro atoms. The summed E-state index contributed by atoms with van der Waals surface area (Å²) in [5.74, 6) is -0.413. The van der Waals surface area contributed by atoms with E-state index >= 15 is 0 Å². The summed E-state index contributed by atoms with van der Waals surface area (Å²) in [5, 5.41) is 3.76. The van der Waals surface area contributed by atoms with Crippen LogP contribution in [0.25, 0.3) is 0 Å². The van der Waals surface area contributed by atoms with Crippen molar-refractivity contribution in [3.8, 4) is 0 Å². The molecule has 1 unspecified atom stereocenters. The van der Waals surface area contributed by atoms with E-state index in [1.165, 1.54) is 0 Å². The van der Waals surface area contributed by atoms with Gasteiger partial charge in [-0.2, -0.15) is 0 Å². The third-order valence-electron chi connectivity index (χ3n) is 2.47. The van der Waals surface area contributed by atoms with Gasteiger partial charge in [-0.25, -0.2) is 0 Å². The second kappa shape index (κ2) is 4.85. The summed E-state index contributed by atoms with van der Waals surface area (Å²) in [6.07, 6.45) is 0. The van der Waals surface area contributed by atoms with Gasteiger partial charge in [-0.15, -0.1) is 0 Å². The lowest BCUT2D eigenvalue weighted by molar-refractivity contribution is -0.124. The number of rotatable bonds is 4. The smallest absolute Gasteiger partial charge is 0.242 e. The Morgan fingerprint density at radius 1 is 1.50 bits per heavy atom. The third-order valence-corrected chi connectivity index (χ3v) is 2.71. The van der Waals surface area contributed by atoms with Crippen LogP contribution in [0.4, 0.5) is 0 Å². The Hall–Kier alpha value is -1.06. The van der Waals surface area contributed by atoms with Crippen LogP contribution in [0.1, 0.15) is 26.3 Å². The molecule has 1 amide bonds. The second-order valence-corrected chi connectivity index (χ2v) is 4.74. The molecule has 0 radical (unpaired) electrons. The highest BCUT2D eigenvalue weighted by Gasteiger charge is 2.33. The van der Waals surface area contributed by atoms with Crippen molar-refractivity contribution in [2.75, 3.05) is 0 Å². The molecule has 0 saturated heterocycles. The van der Waals surface area contributed by atoms with Crippen LogP contribution >= 0.6 is 11.6 Å². The Kier molecular flexibility index (Phi) is 3.94. The van der Waals surface area contributed by atoms with Gasteiger partial charge in [0.1, 0.15) is 5.54 Å². The molecule has 1 atom stereocenters. The molecule has 0 aliphatic rings. The van der Waals surface area contributed by atoms with Gasteiger partial charge in [0.15, 0.2) is 0 Å². The molecule has 1 aromatic carbocycles. The molecule has 0 saturated carbocycles. The van der Waals surface area contributed by atoms with Gasteiger partial charge in [0.2, 0.25) is 5.91 Å². The van der Waals surface area contributed by atoms with E-state index < -0.39 is 11.4 Å². The summed E-state index contributed by atoms with van der Waals surface area (Å²) in [7, 11) is 0. The molecule has 1 rings (SSSR count).